The maximum atomic E-state index is 11.6. The topological polar surface area (TPSA) is 38.8 Å². The number of carbonyl (C=O) groups is 1. The maximum absolute atomic E-state index is 11.6. The van der Waals surface area contributed by atoms with Crippen LogP contribution in [0, 0.1) is 0 Å². The van der Waals surface area contributed by atoms with Gasteiger partial charge in [-0.2, -0.15) is 0 Å². The SMILES string of the molecule is CCCCOC(=O)CN(C)c1cccc(OC)c1. The van der Waals surface area contributed by atoms with E-state index in [2.05, 4.69) is 6.92 Å². The monoisotopic (exact) mass is 251 g/mol. The summed E-state index contributed by atoms with van der Waals surface area (Å²) in [6.45, 7) is 2.81. The van der Waals surface area contributed by atoms with Crippen LogP contribution in [0.1, 0.15) is 19.8 Å². The summed E-state index contributed by atoms with van der Waals surface area (Å²) in [6.07, 6.45) is 1.94. The number of hydrogen-bond donors (Lipinski definition) is 0. The number of methoxy groups -OCH3 is 1. The van der Waals surface area contributed by atoms with Crippen LogP contribution in [0.4, 0.5) is 5.69 Å². The van der Waals surface area contributed by atoms with Crippen LogP contribution in [-0.4, -0.2) is 33.3 Å². The minimum absolute atomic E-state index is 0.200. The summed E-state index contributed by atoms with van der Waals surface area (Å²) < 4.78 is 10.3. The van der Waals surface area contributed by atoms with Gasteiger partial charge in [-0.3, -0.25) is 4.79 Å². The number of carbonyl (C=O) groups excluding carboxylic acids is 1. The first kappa shape index (κ1) is 14.4. The summed E-state index contributed by atoms with van der Waals surface area (Å²) in [6, 6.07) is 7.59. The van der Waals surface area contributed by atoms with Crippen LogP contribution in [0.3, 0.4) is 0 Å². The minimum atomic E-state index is -0.200. The lowest BCUT2D eigenvalue weighted by Crippen LogP contribution is -2.27. The third-order valence-electron chi connectivity index (χ3n) is 2.62. The summed E-state index contributed by atoms with van der Waals surface area (Å²) in [5.74, 6) is 0.576. The first-order valence-corrected chi connectivity index (χ1v) is 6.18. The quantitative estimate of drug-likeness (QED) is 0.551. The van der Waals surface area contributed by atoms with E-state index in [-0.39, 0.29) is 12.5 Å². The number of unbranched alkanes of at least 4 members (excludes halogenated alkanes) is 1. The normalized spacial score (nSPS) is 9.94. The smallest absolute Gasteiger partial charge is 0.325 e. The van der Waals surface area contributed by atoms with Crippen LogP contribution in [0.2, 0.25) is 0 Å². The van der Waals surface area contributed by atoms with Crippen LogP contribution in [0.25, 0.3) is 0 Å². The van der Waals surface area contributed by atoms with Gasteiger partial charge in [-0.05, 0) is 18.6 Å². The molecule has 0 spiro atoms. The lowest BCUT2D eigenvalue weighted by molar-refractivity contribution is -0.142. The van der Waals surface area contributed by atoms with Crippen molar-refractivity contribution in [1.29, 1.82) is 0 Å². The number of esters is 1. The number of ether oxygens (including phenoxy) is 2. The van der Waals surface area contributed by atoms with E-state index < -0.39 is 0 Å². The highest BCUT2D eigenvalue weighted by atomic mass is 16.5. The zero-order chi connectivity index (χ0) is 13.4. The molecule has 0 saturated carbocycles. The molecule has 0 atom stereocenters. The molecule has 0 aliphatic heterocycles. The molecule has 1 aromatic carbocycles. The van der Waals surface area contributed by atoms with Crippen LogP contribution < -0.4 is 9.64 Å². The summed E-state index contributed by atoms with van der Waals surface area (Å²) in [5.41, 5.74) is 0.932. The summed E-state index contributed by atoms with van der Waals surface area (Å²) >= 11 is 0. The first-order valence-electron chi connectivity index (χ1n) is 6.18. The Kier molecular flexibility index (Phi) is 6.05. The molecular weight excluding hydrogens is 230 g/mol. The molecule has 4 nitrogen and oxygen atoms in total. The Morgan fingerprint density at radius 2 is 2.17 bits per heavy atom. The number of hydrogen-bond acceptors (Lipinski definition) is 4. The molecular formula is C14H21NO3. The van der Waals surface area contributed by atoms with Crippen molar-refractivity contribution in [3.8, 4) is 5.75 Å². The fourth-order valence-electron chi connectivity index (χ4n) is 1.51. The van der Waals surface area contributed by atoms with Gasteiger partial charge in [0.25, 0.3) is 0 Å². The van der Waals surface area contributed by atoms with Crippen LogP contribution in [-0.2, 0) is 9.53 Å². The first-order chi connectivity index (χ1) is 8.67. The van der Waals surface area contributed by atoms with Crippen molar-refractivity contribution in [3.63, 3.8) is 0 Å². The highest BCUT2D eigenvalue weighted by Crippen LogP contribution is 2.19. The van der Waals surface area contributed by atoms with E-state index in [1.807, 2.05) is 36.2 Å². The molecule has 0 unspecified atom stereocenters. The Balaban J connectivity index is 2.48. The van der Waals surface area contributed by atoms with E-state index in [0.29, 0.717) is 6.61 Å². The van der Waals surface area contributed by atoms with E-state index >= 15 is 0 Å². The third-order valence-corrected chi connectivity index (χ3v) is 2.62. The third kappa shape index (κ3) is 4.65. The molecule has 0 bridgehead atoms. The second-order valence-electron chi connectivity index (χ2n) is 4.13. The molecule has 0 heterocycles. The van der Waals surface area contributed by atoms with E-state index in [9.17, 15) is 4.79 Å². The van der Waals surface area contributed by atoms with Crippen LogP contribution >= 0.6 is 0 Å². The minimum Gasteiger partial charge on any atom is -0.497 e. The van der Waals surface area contributed by atoms with Gasteiger partial charge in [-0.1, -0.05) is 19.4 Å². The van der Waals surface area contributed by atoms with E-state index in [1.165, 1.54) is 0 Å². The van der Waals surface area contributed by atoms with Crippen LogP contribution in [0.5, 0.6) is 5.75 Å². The Bertz CT molecular complexity index is 379. The second kappa shape index (κ2) is 7.58. The molecule has 4 heteroatoms. The molecule has 0 amide bonds. The van der Waals surface area contributed by atoms with Crippen molar-refractivity contribution < 1.29 is 14.3 Å². The molecule has 0 saturated heterocycles. The van der Waals surface area contributed by atoms with Crippen LogP contribution in [0.15, 0.2) is 24.3 Å². The summed E-state index contributed by atoms with van der Waals surface area (Å²) in [5, 5.41) is 0. The molecule has 0 aromatic heterocycles. The highest BCUT2D eigenvalue weighted by Gasteiger charge is 2.09. The average Bonchev–Trinajstić information content (AvgIpc) is 2.39. The zero-order valence-corrected chi connectivity index (χ0v) is 11.3. The molecule has 0 aliphatic rings. The Labute approximate surface area is 108 Å². The molecule has 100 valence electrons. The number of benzene rings is 1. The largest absolute Gasteiger partial charge is 0.497 e. The molecule has 18 heavy (non-hydrogen) atoms. The van der Waals surface area contributed by atoms with E-state index in [1.54, 1.807) is 7.11 Å². The van der Waals surface area contributed by atoms with Gasteiger partial charge < -0.3 is 14.4 Å². The Morgan fingerprint density at radius 1 is 1.39 bits per heavy atom. The van der Waals surface area contributed by atoms with Crippen molar-refractivity contribution in [2.45, 2.75) is 19.8 Å². The predicted octanol–water partition coefficient (Wildman–Crippen LogP) is 2.47. The standard InChI is InChI=1S/C14H21NO3/c1-4-5-9-18-14(16)11-15(2)12-7-6-8-13(10-12)17-3/h6-8,10H,4-5,9,11H2,1-3H3. The van der Waals surface area contributed by atoms with Crippen molar-refractivity contribution in [3.05, 3.63) is 24.3 Å². The molecule has 1 aromatic rings. The predicted molar refractivity (Wildman–Crippen MR) is 72.1 cm³/mol. The molecule has 0 radical (unpaired) electrons. The van der Waals surface area contributed by atoms with Crippen molar-refractivity contribution in [2.24, 2.45) is 0 Å². The van der Waals surface area contributed by atoms with Crippen molar-refractivity contribution in [2.75, 3.05) is 32.2 Å². The highest BCUT2D eigenvalue weighted by molar-refractivity contribution is 5.75. The molecule has 1 rings (SSSR count). The van der Waals surface area contributed by atoms with Gasteiger partial charge in [0, 0.05) is 18.8 Å². The Morgan fingerprint density at radius 3 is 2.83 bits per heavy atom. The fourth-order valence-corrected chi connectivity index (χ4v) is 1.51. The van der Waals surface area contributed by atoms with Gasteiger partial charge in [0.2, 0.25) is 0 Å². The number of likely N-dealkylation sites (N-methyl/N-ethyl adjacent to an activating group) is 1. The van der Waals surface area contributed by atoms with Gasteiger partial charge in [0.1, 0.15) is 12.3 Å². The van der Waals surface area contributed by atoms with Gasteiger partial charge in [-0.15, -0.1) is 0 Å². The maximum Gasteiger partial charge on any atom is 0.325 e. The summed E-state index contributed by atoms with van der Waals surface area (Å²) in [4.78, 5) is 13.4. The van der Waals surface area contributed by atoms with Gasteiger partial charge in [0.15, 0.2) is 0 Å². The second-order valence-corrected chi connectivity index (χ2v) is 4.13. The fraction of sp³-hybridized carbons (Fsp3) is 0.500. The summed E-state index contributed by atoms with van der Waals surface area (Å²) in [7, 11) is 3.48. The number of nitrogens with zero attached hydrogens (tertiary/aromatic N) is 1. The number of rotatable bonds is 7. The molecule has 0 fully saturated rings. The van der Waals surface area contributed by atoms with Crippen molar-refractivity contribution in [1.82, 2.24) is 0 Å². The lowest BCUT2D eigenvalue weighted by Gasteiger charge is -2.18. The van der Waals surface area contributed by atoms with Gasteiger partial charge in [-0.25, -0.2) is 0 Å². The molecule has 0 N–H and O–H groups in total. The van der Waals surface area contributed by atoms with E-state index in [0.717, 1.165) is 24.3 Å². The Hall–Kier alpha value is -1.71. The zero-order valence-electron chi connectivity index (χ0n) is 11.3. The van der Waals surface area contributed by atoms with E-state index in [4.69, 9.17) is 9.47 Å². The lowest BCUT2D eigenvalue weighted by atomic mass is 10.3. The van der Waals surface area contributed by atoms with Gasteiger partial charge in [0.05, 0.1) is 13.7 Å². The number of anilines is 1. The van der Waals surface area contributed by atoms with Crippen molar-refractivity contribution >= 4 is 11.7 Å². The molecule has 0 aliphatic carbocycles. The average molecular weight is 251 g/mol. The van der Waals surface area contributed by atoms with Gasteiger partial charge >= 0.3 is 5.97 Å².